The number of alkyl halides is 6. The van der Waals surface area contributed by atoms with Gasteiger partial charge in [0.25, 0.3) is 0 Å². The van der Waals surface area contributed by atoms with Crippen LogP contribution in [0, 0.1) is 5.82 Å². The molecule has 0 fully saturated rings. The molecular weight excluding hydrogens is 551 g/mol. The summed E-state index contributed by atoms with van der Waals surface area (Å²) in [5.41, 5.74) is -1.07. The lowest BCUT2D eigenvalue weighted by Crippen LogP contribution is -2.31. The van der Waals surface area contributed by atoms with Crippen LogP contribution in [0.25, 0.3) is 0 Å². The van der Waals surface area contributed by atoms with Crippen molar-refractivity contribution in [1.29, 1.82) is 0 Å². The summed E-state index contributed by atoms with van der Waals surface area (Å²) in [5, 5.41) is 10.4. The van der Waals surface area contributed by atoms with Crippen LogP contribution in [0.5, 0.6) is 11.5 Å². The van der Waals surface area contributed by atoms with Crippen molar-refractivity contribution in [3.63, 3.8) is 0 Å². The third-order valence-corrected chi connectivity index (χ3v) is 6.55. The second-order valence-corrected chi connectivity index (χ2v) is 9.35. The number of benzene rings is 4. The van der Waals surface area contributed by atoms with Gasteiger partial charge >= 0.3 is 12.4 Å². The summed E-state index contributed by atoms with van der Waals surface area (Å²) in [6.07, 6.45) is -8.65. The molecule has 0 bridgehead atoms. The average molecular weight is 578 g/mol. The molecule has 0 aliphatic heterocycles. The Balaban J connectivity index is 1.80. The number of ether oxygens (including phenoxy) is 1. The first kappa shape index (κ1) is 29.9. The molecule has 0 aromatic heterocycles. The van der Waals surface area contributed by atoms with Crippen LogP contribution in [0.15, 0.2) is 91.0 Å². The van der Waals surface area contributed by atoms with E-state index in [9.17, 15) is 35.8 Å². The molecule has 0 saturated heterocycles. The van der Waals surface area contributed by atoms with Gasteiger partial charge in [-0.2, -0.15) is 26.3 Å². The van der Waals surface area contributed by atoms with E-state index in [4.69, 9.17) is 4.74 Å². The first-order valence-electron chi connectivity index (χ1n) is 12.7. The van der Waals surface area contributed by atoms with Crippen molar-refractivity contribution < 1.29 is 40.6 Å². The summed E-state index contributed by atoms with van der Waals surface area (Å²) in [5.74, 6) is -0.0907. The minimum absolute atomic E-state index is 0.0386. The van der Waals surface area contributed by atoms with Gasteiger partial charge in [0, 0.05) is 23.9 Å². The normalized spacial score (nSPS) is 12.7. The topological polar surface area (TPSA) is 32.7 Å². The van der Waals surface area contributed by atoms with Gasteiger partial charge in [0.2, 0.25) is 0 Å². The molecule has 3 nitrogen and oxygen atoms in total. The molecule has 1 atom stereocenters. The molecule has 0 heterocycles. The number of anilines is 1. The van der Waals surface area contributed by atoms with Crippen LogP contribution >= 0.6 is 0 Å². The summed E-state index contributed by atoms with van der Waals surface area (Å²) in [7, 11) is 0. The maximum Gasteiger partial charge on any atom is 0.416 e. The summed E-state index contributed by atoms with van der Waals surface area (Å²) < 4.78 is 102. The number of rotatable bonds is 9. The summed E-state index contributed by atoms with van der Waals surface area (Å²) >= 11 is 0. The molecule has 4 aromatic rings. The van der Waals surface area contributed by atoms with E-state index in [1.54, 1.807) is 24.3 Å². The van der Waals surface area contributed by atoms with E-state index in [1.165, 1.54) is 23.1 Å². The van der Waals surface area contributed by atoms with Gasteiger partial charge in [0.1, 0.15) is 17.3 Å². The maximum absolute atomic E-state index is 14.8. The van der Waals surface area contributed by atoms with Crippen LogP contribution in [-0.4, -0.2) is 11.7 Å². The monoisotopic (exact) mass is 577 g/mol. The highest BCUT2D eigenvalue weighted by Crippen LogP contribution is 2.37. The van der Waals surface area contributed by atoms with Crippen molar-refractivity contribution in [2.75, 3.05) is 11.5 Å². The smallest absolute Gasteiger partial charge is 0.416 e. The number of aryl methyl sites for hydroxylation is 1. The molecule has 41 heavy (non-hydrogen) atoms. The van der Waals surface area contributed by atoms with Crippen LogP contribution in [0.2, 0.25) is 0 Å². The molecule has 4 rings (SSSR count). The Morgan fingerprint density at radius 2 is 1.39 bits per heavy atom. The lowest BCUT2D eigenvalue weighted by atomic mass is 10.0. The van der Waals surface area contributed by atoms with Crippen LogP contribution in [0.3, 0.4) is 0 Å². The average Bonchev–Trinajstić information content (AvgIpc) is 2.93. The summed E-state index contributed by atoms with van der Waals surface area (Å²) in [4.78, 5) is 1.35. The predicted molar refractivity (Wildman–Crippen MR) is 141 cm³/mol. The Bertz CT molecular complexity index is 1480. The zero-order valence-corrected chi connectivity index (χ0v) is 21.8. The highest BCUT2D eigenvalue weighted by molar-refractivity contribution is 5.54. The summed E-state index contributed by atoms with van der Waals surface area (Å²) in [6, 6.07) is 18.6. The fraction of sp³-hybridized carbons (Fsp3) is 0.226. The van der Waals surface area contributed by atoms with E-state index in [-0.39, 0.29) is 16.8 Å². The number of hydrogen-bond acceptors (Lipinski definition) is 3. The van der Waals surface area contributed by atoms with Crippen LogP contribution in [-0.2, 0) is 25.3 Å². The van der Waals surface area contributed by atoms with E-state index in [0.717, 1.165) is 24.1 Å². The molecule has 216 valence electrons. The zero-order valence-electron chi connectivity index (χ0n) is 21.8. The Morgan fingerprint density at radius 3 is 2.05 bits per heavy atom. The zero-order chi connectivity index (χ0) is 29.8. The molecule has 0 radical (unpaired) electrons. The minimum Gasteiger partial charge on any atom is -0.457 e. The lowest BCUT2D eigenvalue weighted by molar-refractivity contribution is -0.138. The van der Waals surface area contributed by atoms with Gasteiger partial charge in [-0.15, -0.1) is 0 Å². The Labute approximate surface area is 232 Å². The first-order chi connectivity index (χ1) is 19.4. The molecule has 0 aliphatic rings. The van der Waals surface area contributed by atoms with Crippen molar-refractivity contribution in [3.05, 3.63) is 125 Å². The Kier molecular flexibility index (Phi) is 8.92. The van der Waals surface area contributed by atoms with Crippen LogP contribution in [0.4, 0.5) is 36.4 Å². The van der Waals surface area contributed by atoms with E-state index in [0.29, 0.717) is 29.7 Å². The van der Waals surface area contributed by atoms with Gasteiger partial charge in [-0.1, -0.05) is 37.3 Å². The van der Waals surface area contributed by atoms with Gasteiger partial charge in [0.05, 0.1) is 23.8 Å². The number of aliphatic hydroxyl groups excluding tert-OH is 1. The van der Waals surface area contributed by atoms with Gasteiger partial charge in [-0.05, 0) is 72.1 Å². The quantitative estimate of drug-likeness (QED) is 0.202. The molecule has 0 aliphatic carbocycles. The summed E-state index contributed by atoms with van der Waals surface area (Å²) in [6.45, 7) is 0.769. The predicted octanol–water partition coefficient (Wildman–Crippen LogP) is 8.96. The highest BCUT2D eigenvalue weighted by Gasteiger charge is 2.33. The van der Waals surface area contributed by atoms with Crippen molar-refractivity contribution in [1.82, 2.24) is 0 Å². The van der Waals surface area contributed by atoms with Crippen molar-refractivity contribution >= 4 is 5.69 Å². The molecular formula is C31H26F7NO2. The van der Waals surface area contributed by atoms with Crippen LogP contribution in [0.1, 0.15) is 40.8 Å². The molecule has 0 spiro atoms. The van der Waals surface area contributed by atoms with Crippen molar-refractivity contribution in [2.45, 2.75) is 38.3 Å². The maximum atomic E-state index is 14.8. The van der Waals surface area contributed by atoms with Gasteiger partial charge < -0.3 is 14.7 Å². The fourth-order valence-corrected chi connectivity index (χ4v) is 4.43. The van der Waals surface area contributed by atoms with Crippen molar-refractivity contribution in [3.8, 4) is 11.5 Å². The highest BCUT2D eigenvalue weighted by atomic mass is 19.4. The van der Waals surface area contributed by atoms with E-state index >= 15 is 0 Å². The Hall–Kier alpha value is -4.05. The number of hydrogen-bond donors (Lipinski definition) is 1. The molecule has 1 N–H and O–H groups in total. The Morgan fingerprint density at radius 1 is 0.756 bits per heavy atom. The third kappa shape index (κ3) is 7.38. The van der Waals surface area contributed by atoms with Crippen molar-refractivity contribution in [2.24, 2.45) is 0 Å². The largest absolute Gasteiger partial charge is 0.457 e. The fourth-order valence-electron chi connectivity index (χ4n) is 4.43. The second-order valence-electron chi connectivity index (χ2n) is 9.35. The molecule has 4 aromatic carbocycles. The van der Waals surface area contributed by atoms with E-state index < -0.39 is 48.5 Å². The first-order valence-corrected chi connectivity index (χ1v) is 12.7. The lowest BCUT2D eigenvalue weighted by Gasteiger charge is -2.34. The molecule has 0 amide bonds. The van der Waals surface area contributed by atoms with E-state index in [1.807, 2.05) is 25.1 Å². The van der Waals surface area contributed by atoms with Gasteiger partial charge in [-0.3, -0.25) is 0 Å². The molecule has 10 heteroatoms. The van der Waals surface area contributed by atoms with Gasteiger partial charge in [-0.25, -0.2) is 4.39 Å². The third-order valence-electron chi connectivity index (χ3n) is 6.55. The standard InChI is InChI=1S/C31H26F7NO2/c1-2-20-6-3-10-26(14-20)41-27-11-5-9-25(17-27)39(18-22-16-24(31(36,37)38)12-13-28(22)32)29(19-40)21-7-4-8-23(15-21)30(33,34)35/h3-17,29,40H,2,18-19H2,1H3. The van der Waals surface area contributed by atoms with Gasteiger partial charge in [0.15, 0.2) is 0 Å². The van der Waals surface area contributed by atoms with Crippen LogP contribution < -0.4 is 9.64 Å². The molecule has 1 unspecified atom stereocenters. The minimum atomic E-state index is -4.74. The number of halogens is 7. The SMILES string of the molecule is CCc1cccc(Oc2cccc(N(Cc3cc(C(F)(F)F)ccc3F)C(CO)c3cccc(C(F)(F)F)c3)c2)c1. The van der Waals surface area contributed by atoms with E-state index in [2.05, 4.69) is 0 Å². The molecule has 0 saturated carbocycles. The number of nitrogens with zero attached hydrogens (tertiary/aromatic N) is 1. The second kappa shape index (κ2) is 12.2. The number of aliphatic hydroxyl groups is 1.